The van der Waals surface area contributed by atoms with Gasteiger partial charge in [-0.1, -0.05) is 77.4 Å². The molecule has 0 aliphatic heterocycles. The monoisotopic (exact) mass is 472 g/mol. The zero-order chi connectivity index (χ0) is 21.8. The lowest BCUT2D eigenvalue weighted by atomic mass is 10.1. The predicted molar refractivity (Wildman–Crippen MR) is 124 cm³/mol. The standard InChI is InChI=1S/C22H18Cl2N4O2S/c1-2-30-18-11-7-6-10-17(18)25-21(29)19(14-8-4-3-5-9-14)31-22-27-26-20-16(24)12-15(23)13-28(20)22/h3-13,19H,2H2,1H3,(H,25,29). The van der Waals surface area contributed by atoms with E-state index in [-0.39, 0.29) is 5.91 Å². The zero-order valence-corrected chi connectivity index (χ0v) is 18.8. The molecule has 4 aromatic rings. The summed E-state index contributed by atoms with van der Waals surface area (Å²) in [5.74, 6) is 0.398. The Morgan fingerprint density at radius 2 is 1.87 bits per heavy atom. The molecule has 2 aromatic carbocycles. The van der Waals surface area contributed by atoms with Gasteiger partial charge in [-0.25, -0.2) is 0 Å². The Bertz CT molecular complexity index is 1220. The second-order valence-electron chi connectivity index (χ2n) is 6.51. The van der Waals surface area contributed by atoms with E-state index in [0.717, 1.165) is 5.56 Å². The number of carbonyl (C=O) groups is 1. The SMILES string of the molecule is CCOc1ccccc1NC(=O)C(Sc1nnc2c(Cl)cc(Cl)cn12)c1ccccc1. The molecule has 6 nitrogen and oxygen atoms in total. The van der Waals surface area contributed by atoms with Crippen molar-refractivity contribution < 1.29 is 9.53 Å². The van der Waals surface area contributed by atoms with Crippen LogP contribution >= 0.6 is 35.0 Å². The van der Waals surface area contributed by atoms with Crippen LogP contribution in [0.1, 0.15) is 17.7 Å². The van der Waals surface area contributed by atoms with E-state index < -0.39 is 5.25 Å². The molecule has 0 aliphatic rings. The number of benzene rings is 2. The maximum absolute atomic E-state index is 13.4. The van der Waals surface area contributed by atoms with E-state index >= 15 is 0 Å². The second-order valence-corrected chi connectivity index (χ2v) is 8.43. The van der Waals surface area contributed by atoms with E-state index in [4.69, 9.17) is 27.9 Å². The predicted octanol–water partition coefficient (Wildman–Crippen LogP) is 5.91. The fraction of sp³-hybridized carbons (Fsp3) is 0.136. The first kappa shape index (κ1) is 21.5. The number of para-hydroxylation sites is 2. The highest BCUT2D eigenvalue weighted by molar-refractivity contribution is 8.00. The van der Waals surface area contributed by atoms with E-state index in [1.54, 1.807) is 16.7 Å². The van der Waals surface area contributed by atoms with Crippen LogP contribution in [0.3, 0.4) is 0 Å². The van der Waals surface area contributed by atoms with Crippen LogP contribution in [0.5, 0.6) is 5.75 Å². The van der Waals surface area contributed by atoms with Gasteiger partial charge in [-0.3, -0.25) is 9.20 Å². The van der Waals surface area contributed by atoms with Gasteiger partial charge in [0.2, 0.25) is 5.91 Å². The Morgan fingerprint density at radius 3 is 2.65 bits per heavy atom. The molecule has 0 spiro atoms. The largest absolute Gasteiger partial charge is 0.492 e. The lowest BCUT2D eigenvalue weighted by Gasteiger charge is -2.17. The number of hydrogen-bond donors (Lipinski definition) is 1. The summed E-state index contributed by atoms with van der Waals surface area (Å²) in [7, 11) is 0. The minimum absolute atomic E-state index is 0.215. The van der Waals surface area contributed by atoms with Gasteiger partial charge in [0, 0.05) is 6.20 Å². The summed E-state index contributed by atoms with van der Waals surface area (Å²) >= 11 is 13.7. The average Bonchev–Trinajstić information content (AvgIpc) is 3.17. The van der Waals surface area contributed by atoms with Crippen LogP contribution in [0.2, 0.25) is 10.0 Å². The van der Waals surface area contributed by atoms with Gasteiger partial charge < -0.3 is 10.1 Å². The molecular weight excluding hydrogens is 455 g/mol. The summed E-state index contributed by atoms with van der Waals surface area (Å²) in [5, 5.41) is 12.1. The number of pyridine rings is 1. The smallest absolute Gasteiger partial charge is 0.242 e. The van der Waals surface area contributed by atoms with Crippen LogP contribution < -0.4 is 10.1 Å². The second kappa shape index (κ2) is 9.60. The molecule has 1 amide bonds. The highest BCUT2D eigenvalue weighted by Gasteiger charge is 2.26. The van der Waals surface area contributed by atoms with Gasteiger partial charge in [0.25, 0.3) is 0 Å². The van der Waals surface area contributed by atoms with Crippen molar-refractivity contribution in [2.45, 2.75) is 17.3 Å². The van der Waals surface area contributed by atoms with E-state index in [2.05, 4.69) is 15.5 Å². The van der Waals surface area contributed by atoms with Crippen molar-refractivity contribution in [3.05, 3.63) is 82.5 Å². The minimum atomic E-state index is -0.596. The first-order valence-corrected chi connectivity index (χ1v) is 11.1. The fourth-order valence-corrected chi connectivity index (χ4v) is 4.56. The molecule has 0 saturated heterocycles. The molecule has 1 N–H and O–H groups in total. The third-order valence-electron chi connectivity index (χ3n) is 4.40. The summed E-state index contributed by atoms with van der Waals surface area (Å²) in [5.41, 5.74) is 1.90. The number of nitrogens with zero attached hydrogens (tertiary/aromatic N) is 3. The van der Waals surface area contributed by atoms with Crippen LogP contribution in [0, 0.1) is 0 Å². The molecule has 158 valence electrons. The fourth-order valence-electron chi connectivity index (χ4n) is 3.04. The molecule has 2 heterocycles. The lowest BCUT2D eigenvalue weighted by molar-refractivity contribution is -0.115. The summed E-state index contributed by atoms with van der Waals surface area (Å²) < 4.78 is 7.32. The summed E-state index contributed by atoms with van der Waals surface area (Å²) in [6.45, 7) is 2.39. The third-order valence-corrected chi connectivity index (χ3v) is 6.10. The molecule has 4 rings (SSSR count). The Kier molecular flexibility index (Phi) is 6.65. The van der Waals surface area contributed by atoms with Crippen LogP contribution in [0.25, 0.3) is 5.65 Å². The molecule has 0 radical (unpaired) electrons. The van der Waals surface area contributed by atoms with Gasteiger partial charge in [-0.15, -0.1) is 10.2 Å². The molecule has 1 atom stereocenters. The molecule has 1 unspecified atom stereocenters. The maximum Gasteiger partial charge on any atom is 0.242 e. The van der Waals surface area contributed by atoms with Gasteiger partial charge in [0.15, 0.2) is 10.8 Å². The Morgan fingerprint density at radius 1 is 1.13 bits per heavy atom. The number of amides is 1. The molecule has 0 aliphatic carbocycles. The van der Waals surface area contributed by atoms with Crippen molar-refractivity contribution in [2.75, 3.05) is 11.9 Å². The Labute approximate surface area is 193 Å². The number of thioether (sulfide) groups is 1. The van der Waals surface area contributed by atoms with Crippen molar-refractivity contribution in [2.24, 2.45) is 0 Å². The van der Waals surface area contributed by atoms with Crippen LogP contribution in [0.15, 0.2) is 72.0 Å². The maximum atomic E-state index is 13.4. The van der Waals surface area contributed by atoms with Gasteiger partial charge in [0.1, 0.15) is 11.0 Å². The Balaban J connectivity index is 1.69. The van der Waals surface area contributed by atoms with Crippen molar-refractivity contribution >= 4 is 52.2 Å². The number of rotatable bonds is 7. The van der Waals surface area contributed by atoms with Crippen LogP contribution in [-0.4, -0.2) is 27.1 Å². The number of aromatic nitrogens is 3. The normalized spacial score (nSPS) is 12.0. The third kappa shape index (κ3) is 4.79. The zero-order valence-electron chi connectivity index (χ0n) is 16.5. The van der Waals surface area contributed by atoms with Crippen LogP contribution in [-0.2, 0) is 4.79 Å². The summed E-state index contributed by atoms with van der Waals surface area (Å²) in [4.78, 5) is 13.4. The van der Waals surface area contributed by atoms with Gasteiger partial charge in [-0.05, 0) is 30.7 Å². The number of ether oxygens (including phenoxy) is 1. The van der Waals surface area contributed by atoms with Crippen molar-refractivity contribution in [1.82, 2.24) is 14.6 Å². The molecule has 0 saturated carbocycles. The number of fused-ring (bicyclic) bond motifs is 1. The Hall–Kier alpha value is -2.74. The summed E-state index contributed by atoms with van der Waals surface area (Å²) in [6, 6.07) is 18.4. The topological polar surface area (TPSA) is 68.5 Å². The quantitative estimate of drug-likeness (QED) is 0.338. The molecule has 0 bridgehead atoms. The highest BCUT2D eigenvalue weighted by Crippen LogP contribution is 2.37. The number of hydrogen-bond acceptors (Lipinski definition) is 5. The molecule has 0 fully saturated rings. The van der Waals surface area contributed by atoms with Crippen molar-refractivity contribution in [1.29, 1.82) is 0 Å². The van der Waals surface area contributed by atoms with Crippen molar-refractivity contribution in [3.8, 4) is 5.75 Å². The van der Waals surface area contributed by atoms with Gasteiger partial charge in [0.05, 0.1) is 22.3 Å². The van der Waals surface area contributed by atoms with Crippen molar-refractivity contribution in [3.63, 3.8) is 0 Å². The minimum Gasteiger partial charge on any atom is -0.492 e. The lowest BCUT2D eigenvalue weighted by Crippen LogP contribution is -2.20. The van der Waals surface area contributed by atoms with E-state index in [0.29, 0.717) is 38.9 Å². The van der Waals surface area contributed by atoms with E-state index in [9.17, 15) is 4.79 Å². The molecule has 2 aromatic heterocycles. The number of nitrogens with one attached hydrogen (secondary N) is 1. The van der Waals surface area contributed by atoms with Crippen LogP contribution in [0.4, 0.5) is 5.69 Å². The number of carbonyl (C=O) groups excluding carboxylic acids is 1. The average molecular weight is 473 g/mol. The van der Waals surface area contributed by atoms with Gasteiger partial charge >= 0.3 is 0 Å². The summed E-state index contributed by atoms with van der Waals surface area (Å²) in [6.07, 6.45) is 1.68. The van der Waals surface area contributed by atoms with E-state index in [1.807, 2.05) is 61.5 Å². The number of halogens is 2. The highest BCUT2D eigenvalue weighted by atomic mass is 35.5. The van der Waals surface area contributed by atoms with E-state index in [1.165, 1.54) is 11.8 Å². The van der Waals surface area contributed by atoms with Gasteiger partial charge in [-0.2, -0.15) is 0 Å². The first-order valence-electron chi connectivity index (χ1n) is 9.51. The molecule has 31 heavy (non-hydrogen) atoms. The number of anilines is 1. The molecular formula is C22H18Cl2N4O2S. The molecule has 9 heteroatoms. The first-order chi connectivity index (χ1) is 15.1.